The van der Waals surface area contributed by atoms with Gasteiger partial charge in [-0.15, -0.1) is 0 Å². The molecule has 2 aliphatic carbocycles. The normalized spacial score (nSPS) is 19.7. The van der Waals surface area contributed by atoms with E-state index in [1.54, 1.807) is 11.8 Å². The fourth-order valence-corrected chi connectivity index (χ4v) is 5.48. The second-order valence-corrected chi connectivity index (χ2v) is 9.18. The minimum atomic E-state index is -0.932. The van der Waals surface area contributed by atoms with E-state index < -0.39 is 18.1 Å². The van der Waals surface area contributed by atoms with Crippen LogP contribution in [0.2, 0.25) is 0 Å². The second-order valence-electron chi connectivity index (χ2n) is 9.18. The smallest absolute Gasteiger partial charge is 0.407 e. The fraction of sp³-hybridized carbons (Fsp3) is 0.444. The number of hydrogen-bond donors (Lipinski definition) is 2. The van der Waals surface area contributed by atoms with Crippen molar-refractivity contribution >= 4 is 18.0 Å². The summed E-state index contributed by atoms with van der Waals surface area (Å²) in [5, 5.41) is 12.0. The fourth-order valence-electron chi connectivity index (χ4n) is 5.48. The molecule has 3 atom stereocenters. The van der Waals surface area contributed by atoms with E-state index in [-0.39, 0.29) is 36.8 Å². The number of ether oxygens (including phenoxy) is 1. The molecule has 0 aliphatic heterocycles. The number of carbonyl (C=O) groups excluding carboxylic acids is 2. The predicted molar refractivity (Wildman–Crippen MR) is 128 cm³/mol. The van der Waals surface area contributed by atoms with Crippen LogP contribution < -0.4 is 5.32 Å². The van der Waals surface area contributed by atoms with Crippen LogP contribution in [0.25, 0.3) is 11.1 Å². The third-order valence-corrected chi connectivity index (χ3v) is 7.11. The zero-order chi connectivity index (χ0) is 24.2. The lowest BCUT2D eigenvalue weighted by Gasteiger charge is -2.31. The van der Waals surface area contributed by atoms with Crippen LogP contribution in [-0.4, -0.2) is 53.2 Å². The molecule has 4 rings (SSSR count). The van der Waals surface area contributed by atoms with Crippen molar-refractivity contribution in [3.8, 4) is 11.1 Å². The zero-order valence-electron chi connectivity index (χ0n) is 19.7. The molecule has 2 aromatic carbocycles. The zero-order valence-corrected chi connectivity index (χ0v) is 19.7. The Bertz CT molecular complexity index is 1020. The van der Waals surface area contributed by atoms with Gasteiger partial charge in [-0.2, -0.15) is 0 Å². The van der Waals surface area contributed by atoms with E-state index in [0.717, 1.165) is 17.5 Å². The number of aliphatic carboxylic acids is 1. The van der Waals surface area contributed by atoms with Crippen LogP contribution in [0.4, 0.5) is 4.79 Å². The molecule has 0 bridgehead atoms. The predicted octanol–water partition coefficient (Wildman–Crippen LogP) is 4.41. The number of hydrogen-bond acceptors (Lipinski definition) is 4. The molecule has 1 unspecified atom stereocenters. The Balaban J connectivity index is 1.38. The van der Waals surface area contributed by atoms with E-state index in [0.29, 0.717) is 19.4 Å². The van der Waals surface area contributed by atoms with Crippen LogP contribution in [0.5, 0.6) is 0 Å². The standard InChI is InChI=1S/C27H32N2O5/c1-3-29(17(2)15-25(30)31)26(32)22-13-8-14-24(22)28-27(33)34-16-23-20-11-6-4-9-18(20)19-10-5-7-12-21(19)23/h4-7,9-12,17,22-24H,3,8,13-16H2,1-2H3,(H,28,33)(H,30,31)/t17?,22-,24+/m0/s1. The van der Waals surface area contributed by atoms with Gasteiger partial charge in [0, 0.05) is 24.5 Å². The van der Waals surface area contributed by atoms with Crippen LogP contribution in [0.15, 0.2) is 48.5 Å². The number of benzene rings is 2. The Morgan fingerprint density at radius 1 is 1.06 bits per heavy atom. The average Bonchev–Trinajstić information content (AvgIpc) is 3.40. The van der Waals surface area contributed by atoms with Crippen molar-refractivity contribution in [2.24, 2.45) is 5.92 Å². The Hall–Kier alpha value is -3.35. The van der Waals surface area contributed by atoms with Crippen molar-refractivity contribution < 1.29 is 24.2 Å². The van der Waals surface area contributed by atoms with Gasteiger partial charge in [0.05, 0.1) is 12.3 Å². The molecule has 2 amide bonds. The van der Waals surface area contributed by atoms with E-state index in [1.165, 1.54) is 11.1 Å². The minimum Gasteiger partial charge on any atom is -0.481 e. The third-order valence-electron chi connectivity index (χ3n) is 7.11. The van der Waals surface area contributed by atoms with Gasteiger partial charge in [-0.3, -0.25) is 9.59 Å². The summed E-state index contributed by atoms with van der Waals surface area (Å²) in [6.45, 7) is 4.25. The molecular weight excluding hydrogens is 432 g/mol. The third kappa shape index (κ3) is 4.79. The highest BCUT2D eigenvalue weighted by Gasteiger charge is 2.38. The largest absolute Gasteiger partial charge is 0.481 e. The molecule has 180 valence electrons. The number of amides is 2. The van der Waals surface area contributed by atoms with Crippen LogP contribution in [0.3, 0.4) is 0 Å². The van der Waals surface area contributed by atoms with Crippen molar-refractivity contribution in [1.82, 2.24) is 10.2 Å². The first-order valence-electron chi connectivity index (χ1n) is 12.0. The summed E-state index contributed by atoms with van der Waals surface area (Å²) in [6.07, 6.45) is 1.58. The maximum absolute atomic E-state index is 13.2. The highest BCUT2D eigenvalue weighted by atomic mass is 16.5. The van der Waals surface area contributed by atoms with E-state index in [2.05, 4.69) is 29.6 Å². The summed E-state index contributed by atoms with van der Waals surface area (Å²) in [4.78, 5) is 38.6. The number of fused-ring (bicyclic) bond motifs is 3. The molecule has 34 heavy (non-hydrogen) atoms. The number of carboxylic acids is 1. The molecule has 2 N–H and O–H groups in total. The first-order chi connectivity index (χ1) is 16.4. The molecule has 2 aromatic rings. The van der Waals surface area contributed by atoms with Gasteiger partial charge in [-0.05, 0) is 48.9 Å². The summed E-state index contributed by atoms with van der Waals surface area (Å²) < 4.78 is 5.66. The topological polar surface area (TPSA) is 95.9 Å². The van der Waals surface area contributed by atoms with Crippen molar-refractivity contribution in [1.29, 1.82) is 0 Å². The summed E-state index contributed by atoms with van der Waals surface area (Å²) in [6, 6.07) is 15.6. The van der Waals surface area contributed by atoms with Gasteiger partial charge in [0.1, 0.15) is 6.61 Å². The molecule has 0 saturated heterocycles. The Labute approximate surface area is 200 Å². The highest BCUT2D eigenvalue weighted by Crippen LogP contribution is 2.44. The van der Waals surface area contributed by atoms with E-state index in [9.17, 15) is 14.4 Å². The maximum atomic E-state index is 13.2. The SMILES string of the molecule is CCN(C(=O)[C@H]1CCC[C@H]1NC(=O)OCC1c2ccccc2-c2ccccc21)C(C)CC(=O)O. The first-order valence-corrected chi connectivity index (χ1v) is 12.0. The number of carboxylic acid groups (broad SMARTS) is 1. The van der Waals surface area contributed by atoms with Gasteiger partial charge in [0.2, 0.25) is 5.91 Å². The number of carbonyl (C=O) groups is 3. The number of alkyl carbamates (subject to hydrolysis) is 1. The van der Waals surface area contributed by atoms with Crippen LogP contribution in [-0.2, 0) is 14.3 Å². The molecule has 1 fully saturated rings. The maximum Gasteiger partial charge on any atom is 0.407 e. The lowest BCUT2D eigenvalue weighted by molar-refractivity contribution is -0.142. The summed E-state index contributed by atoms with van der Waals surface area (Å²) in [5.41, 5.74) is 4.64. The number of nitrogens with zero attached hydrogens (tertiary/aromatic N) is 1. The quantitative estimate of drug-likeness (QED) is 0.604. The van der Waals surface area contributed by atoms with E-state index in [4.69, 9.17) is 9.84 Å². The summed E-state index contributed by atoms with van der Waals surface area (Å²) in [5.74, 6) is -1.42. The molecule has 0 radical (unpaired) electrons. The summed E-state index contributed by atoms with van der Waals surface area (Å²) in [7, 11) is 0. The number of nitrogens with one attached hydrogen (secondary N) is 1. The molecule has 0 aromatic heterocycles. The lowest BCUT2D eigenvalue weighted by atomic mass is 9.98. The average molecular weight is 465 g/mol. The van der Waals surface area contributed by atoms with Crippen molar-refractivity contribution in [2.75, 3.05) is 13.2 Å². The van der Waals surface area contributed by atoms with Gasteiger partial charge < -0.3 is 20.1 Å². The second kappa shape index (κ2) is 10.3. The van der Waals surface area contributed by atoms with Crippen molar-refractivity contribution in [3.63, 3.8) is 0 Å². The number of rotatable bonds is 8. The Kier molecular flexibility index (Phi) is 7.20. The van der Waals surface area contributed by atoms with Crippen LogP contribution in [0, 0.1) is 5.92 Å². The monoisotopic (exact) mass is 464 g/mol. The van der Waals surface area contributed by atoms with Gasteiger partial charge in [-0.1, -0.05) is 55.0 Å². The molecule has 7 heteroatoms. The highest BCUT2D eigenvalue weighted by molar-refractivity contribution is 5.82. The first kappa shape index (κ1) is 23.8. The molecular formula is C27H32N2O5. The van der Waals surface area contributed by atoms with Gasteiger partial charge >= 0.3 is 12.1 Å². The Morgan fingerprint density at radius 2 is 1.68 bits per heavy atom. The van der Waals surface area contributed by atoms with Gasteiger partial charge in [0.25, 0.3) is 0 Å². The van der Waals surface area contributed by atoms with E-state index >= 15 is 0 Å². The van der Waals surface area contributed by atoms with Crippen LogP contribution in [0.1, 0.15) is 56.6 Å². The molecule has 0 spiro atoms. The van der Waals surface area contributed by atoms with Crippen molar-refractivity contribution in [3.05, 3.63) is 59.7 Å². The Morgan fingerprint density at radius 3 is 2.26 bits per heavy atom. The van der Waals surface area contributed by atoms with E-state index in [1.807, 2.05) is 31.2 Å². The molecule has 2 aliphatic rings. The van der Waals surface area contributed by atoms with Gasteiger partial charge in [-0.25, -0.2) is 4.79 Å². The van der Waals surface area contributed by atoms with Crippen molar-refractivity contribution in [2.45, 2.75) is 57.5 Å². The molecule has 7 nitrogen and oxygen atoms in total. The lowest BCUT2D eigenvalue weighted by Crippen LogP contribution is -2.48. The molecule has 0 heterocycles. The summed E-state index contributed by atoms with van der Waals surface area (Å²) >= 11 is 0. The minimum absolute atomic E-state index is 0.0217. The van der Waals surface area contributed by atoms with Crippen LogP contribution >= 0.6 is 0 Å². The molecule has 1 saturated carbocycles. The van der Waals surface area contributed by atoms with Gasteiger partial charge in [0.15, 0.2) is 0 Å².